The zero-order valence-corrected chi connectivity index (χ0v) is 8.48. The average molecular weight is 249 g/mol. The second kappa shape index (κ2) is 4.44. The maximum atomic E-state index is 12.2. The quantitative estimate of drug-likeness (QED) is 0.539. The number of nitrogens with two attached hydrogens (primary N) is 1. The largest absolute Gasteiger partial charge is 0.418 e. The van der Waals surface area contributed by atoms with Crippen molar-refractivity contribution in [3.63, 3.8) is 0 Å². The van der Waals surface area contributed by atoms with Gasteiger partial charge < -0.3 is 10.2 Å². The van der Waals surface area contributed by atoms with Gasteiger partial charge in [0.15, 0.2) is 11.8 Å². The van der Waals surface area contributed by atoms with Crippen molar-refractivity contribution < 1.29 is 28.2 Å². The minimum absolute atomic E-state index is 0.214. The Morgan fingerprint density at radius 1 is 1.24 bits per heavy atom. The molecule has 0 amide bonds. The lowest BCUT2D eigenvalue weighted by atomic mass is 9.96. The SMILES string of the molecule is N[C@@](O)(c1ccc(C=O)cc1)[C@H](O)C(F)(F)F. The van der Waals surface area contributed by atoms with Gasteiger partial charge in [0.05, 0.1) is 0 Å². The number of aliphatic hydroxyl groups excluding tert-OH is 1. The van der Waals surface area contributed by atoms with Gasteiger partial charge in [-0.3, -0.25) is 10.5 Å². The number of carbonyl (C=O) groups excluding carboxylic acids is 1. The van der Waals surface area contributed by atoms with Crippen LogP contribution in [-0.4, -0.2) is 28.8 Å². The van der Waals surface area contributed by atoms with Crippen LogP contribution in [0.2, 0.25) is 0 Å². The first-order valence-electron chi connectivity index (χ1n) is 4.51. The van der Waals surface area contributed by atoms with Gasteiger partial charge in [-0.1, -0.05) is 24.3 Å². The number of rotatable bonds is 3. The number of hydrogen-bond donors (Lipinski definition) is 3. The van der Waals surface area contributed by atoms with Crippen LogP contribution >= 0.6 is 0 Å². The number of halogens is 3. The molecule has 17 heavy (non-hydrogen) atoms. The minimum Gasteiger partial charge on any atom is -0.380 e. The second-order valence-corrected chi connectivity index (χ2v) is 3.51. The molecule has 0 saturated carbocycles. The predicted molar refractivity (Wildman–Crippen MR) is 52.0 cm³/mol. The fourth-order valence-corrected chi connectivity index (χ4v) is 1.24. The zero-order chi connectivity index (χ0) is 13.3. The lowest BCUT2D eigenvalue weighted by molar-refractivity contribution is -0.259. The third-order valence-electron chi connectivity index (χ3n) is 2.24. The summed E-state index contributed by atoms with van der Waals surface area (Å²) in [6.07, 6.45) is -7.68. The van der Waals surface area contributed by atoms with Gasteiger partial charge in [-0.05, 0) is 0 Å². The molecule has 4 nitrogen and oxygen atoms in total. The van der Waals surface area contributed by atoms with Crippen LogP contribution in [0, 0.1) is 0 Å². The number of carbonyl (C=O) groups is 1. The summed E-state index contributed by atoms with van der Waals surface area (Å²) in [6, 6.07) is 4.45. The van der Waals surface area contributed by atoms with Crippen LogP contribution in [-0.2, 0) is 5.72 Å². The van der Waals surface area contributed by atoms with Gasteiger partial charge in [0.25, 0.3) is 0 Å². The summed E-state index contributed by atoms with van der Waals surface area (Å²) in [7, 11) is 0. The molecular weight excluding hydrogens is 239 g/mol. The highest BCUT2D eigenvalue weighted by Crippen LogP contribution is 2.31. The Morgan fingerprint density at radius 3 is 2.06 bits per heavy atom. The summed E-state index contributed by atoms with van der Waals surface area (Å²) in [5.41, 5.74) is 1.97. The highest BCUT2D eigenvalue weighted by atomic mass is 19.4. The molecule has 0 bridgehead atoms. The molecule has 0 fully saturated rings. The molecule has 94 valence electrons. The number of aldehydes is 1. The molecule has 1 aromatic carbocycles. The lowest BCUT2D eigenvalue weighted by Crippen LogP contribution is -2.54. The van der Waals surface area contributed by atoms with E-state index in [4.69, 9.17) is 10.8 Å². The van der Waals surface area contributed by atoms with Crippen molar-refractivity contribution in [2.24, 2.45) is 5.73 Å². The van der Waals surface area contributed by atoms with Crippen LogP contribution in [0.3, 0.4) is 0 Å². The molecule has 0 heterocycles. The maximum Gasteiger partial charge on any atom is 0.418 e. The molecule has 0 aliphatic rings. The smallest absolute Gasteiger partial charge is 0.380 e. The third-order valence-corrected chi connectivity index (χ3v) is 2.24. The molecule has 0 aliphatic heterocycles. The van der Waals surface area contributed by atoms with E-state index in [2.05, 4.69) is 0 Å². The van der Waals surface area contributed by atoms with Crippen LogP contribution in [0.4, 0.5) is 13.2 Å². The maximum absolute atomic E-state index is 12.2. The van der Waals surface area contributed by atoms with Crippen LogP contribution in [0.5, 0.6) is 0 Å². The van der Waals surface area contributed by atoms with E-state index < -0.39 is 18.0 Å². The van der Waals surface area contributed by atoms with E-state index >= 15 is 0 Å². The zero-order valence-electron chi connectivity index (χ0n) is 8.48. The number of benzene rings is 1. The summed E-state index contributed by atoms with van der Waals surface area (Å²) < 4.78 is 36.7. The minimum atomic E-state index is -5.05. The van der Waals surface area contributed by atoms with Crippen molar-refractivity contribution >= 4 is 6.29 Å². The van der Waals surface area contributed by atoms with Gasteiger partial charge in [-0.15, -0.1) is 0 Å². The summed E-state index contributed by atoms with van der Waals surface area (Å²) >= 11 is 0. The fraction of sp³-hybridized carbons (Fsp3) is 0.300. The van der Waals surface area contributed by atoms with Crippen molar-refractivity contribution in [2.45, 2.75) is 18.0 Å². The number of hydrogen-bond acceptors (Lipinski definition) is 4. The molecule has 0 aromatic heterocycles. The molecule has 4 N–H and O–H groups in total. The van der Waals surface area contributed by atoms with Crippen LogP contribution in [0.1, 0.15) is 15.9 Å². The lowest BCUT2D eigenvalue weighted by Gasteiger charge is -2.30. The van der Waals surface area contributed by atoms with Crippen LogP contribution in [0.25, 0.3) is 0 Å². The average Bonchev–Trinajstić information content (AvgIpc) is 2.27. The summed E-state index contributed by atoms with van der Waals surface area (Å²) in [4.78, 5) is 10.3. The van der Waals surface area contributed by atoms with Crippen molar-refractivity contribution in [3.8, 4) is 0 Å². The van der Waals surface area contributed by atoms with Crippen molar-refractivity contribution in [2.75, 3.05) is 0 Å². The molecule has 1 rings (SSSR count). The van der Waals surface area contributed by atoms with E-state index in [1.54, 1.807) is 0 Å². The predicted octanol–water partition coefficient (Wildman–Crippen LogP) is 0.526. The van der Waals surface area contributed by atoms with Gasteiger partial charge in [-0.25, -0.2) is 0 Å². The Labute approximate surface area is 94.5 Å². The Hall–Kier alpha value is -1.44. The van der Waals surface area contributed by atoms with Crippen molar-refractivity contribution in [3.05, 3.63) is 35.4 Å². The monoisotopic (exact) mass is 249 g/mol. The van der Waals surface area contributed by atoms with Crippen LogP contribution < -0.4 is 5.73 Å². The Bertz CT molecular complexity index is 400. The van der Waals surface area contributed by atoms with E-state index in [0.717, 1.165) is 12.1 Å². The standard InChI is InChI=1S/C10H10F3NO3/c11-10(12,13)8(16)9(14,17)7-3-1-6(5-15)2-4-7/h1-5,8,16-17H,14H2/t8-,9+/m0/s1. The van der Waals surface area contributed by atoms with E-state index in [0.29, 0.717) is 6.29 Å². The van der Waals surface area contributed by atoms with Crippen molar-refractivity contribution in [1.82, 2.24) is 0 Å². The van der Waals surface area contributed by atoms with Gasteiger partial charge in [0.2, 0.25) is 0 Å². The van der Waals surface area contributed by atoms with E-state index in [9.17, 15) is 23.1 Å². The van der Waals surface area contributed by atoms with Gasteiger partial charge in [0.1, 0.15) is 6.29 Å². The first-order chi connectivity index (χ1) is 7.69. The van der Waals surface area contributed by atoms with Crippen molar-refractivity contribution in [1.29, 1.82) is 0 Å². The molecule has 0 radical (unpaired) electrons. The molecule has 0 aliphatic carbocycles. The van der Waals surface area contributed by atoms with Gasteiger partial charge in [-0.2, -0.15) is 13.2 Å². The molecule has 0 saturated heterocycles. The molecule has 2 atom stereocenters. The van der Waals surface area contributed by atoms with E-state index in [1.807, 2.05) is 0 Å². The Morgan fingerprint density at radius 2 is 1.71 bits per heavy atom. The van der Waals surface area contributed by atoms with E-state index in [1.165, 1.54) is 12.1 Å². The normalized spacial score (nSPS) is 17.3. The van der Waals surface area contributed by atoms with Gasteiger partial charge >= 0.3 is 6.18 Å². The molecule has 0 spiro atoms. The first-order valence-corrected chi connectivity index (χ1v) is 4.51. The second-order valence-electron chi connectivity index (χ2n) is 3.51. The topological polar surface area (TPSA) is 83.5 Å². The summed E-state index contributed by atoms with van der Waals surface area (Å²) in [6.45, 7) is 0. The number of alkyl halides is 3. The molecule has 1 aromatic rings. The highest BCUT2D eigenvalue weighted by molar-refractivity contribution is 5.74. The van der Waals surface area contributed by atoms with E-state index in [-0.39, 0.29) is 11.1 Å². The molecular formula is C10H10F3NO3. The molecule has 0 unspecified atom stereocenters. The third kappa shape index (κ3) is 2.82. The highest BCUT2D eigenvalue weighted by Gasteiger charge is 2.51. The molecule has 7 heteroatoms. The van der Waals surface area contributed by atoms with Gasteiger partial charge in [0, 0.05) is 11.1 Å². The summed E-state index contributed by atoms with van der Waals surface area (Å²) in [5, 5.41) is 18.4. The summed E-state index contributed by atoms with van der Waals surface area (Å²) in [5.74, 6) is 0. The first kappa shape index (κ1) is 13.6. The fourth-order valence-electron chi connectivity index (χ4n) is 1.24. The Balaban J connectivity index is 3.07. The number of aliphatic hydroxyl groups is 2. The van der Waals surface area contributed by atoms with Crippen LogP contribution in [0.15, 0.2) is 24.3 Å². The Kier molecular flexibility index (Phi) is 3.56.